The maximum absolute atomic E-state index is 13.2. The minimum absolute atomic E-state index is 0.0175. The first-order valence-corrected chi connectivity index (χ1v) is 13.7. The quantitative estimate of drug-likeness (QED) is 0.342. The van der Waals surface area contributed by atoms with Gasteiger partial charge in [-0.15, -0.1) is 0 Å². The van der Waals surface area contributed by atoms with Gasteiger partial charge >= 0.3 is 12.1 Å². The largest absolute Gasteiger partial charge is 0.490 e. The Morgan fingerprint density at radius 3 is 2.38 bits per heavy atom. The van der Waals surface area contributed by atoms with Crippen LogP contribution in [-0.4, -0.2) is 58.0 Å². The Morgan fingerprint density at radius 2 is 1.76 bits per heavy atom. The number of nitrogens with two attached hydrogens (primary N) is 1. The summed E-state index contributed by atoms with van der Waals surface area (Å²) in [5.74, 6) is -2.70. The Kier molecular flexibility index (Phi) is 10.9. The van der Waals surface area contributed by atoms with E-state index in [1.54, 1.807) is 18.2 Å². The predicted octanol–water partition coefficient (Wildman–Crippen LogP) is 5.37. The van der Waals surface area contributed by atoms with Crippen molar-refractivity contribution >= 4 is 41.1 Å². The summed E-state index contributed by atoms with van der Waals surface area (Å²) in [7, 11) is 0. The number of carbonyl (C=O) groups excluding carboxylic acids is 2. The molecule has 2 aliphatic rings. The summed E-state index contributed by atoms with van der Waals surface area (Å²) < 4.78 is 31.7. The Morgan fingerprint density at radius 1 is 1.10 bits per heavy atom. The number of fused-ring (bicyclic) bond motifs is 2. The number of hydrogen-bond acceptors (Lipinski definition) is 6. The number of halogens is 3. The number of amidine groups is 1. The molecule has 0 saturated heterocycles. The lowest BCUT2D eigenvalue weighted by Crippen LogP contribution is -2.34. The molecule has 5 N–H and O–H groups in total. The molecule has 2 aromatic rings. The van der Waals surface area contributed by atoms with Crippen molar-refractivity contribution in [3.63, 3.8) is 0 Å². The zero-order chi connectivity index (χ0) is 31.0. The van der Waals surface area contributed by atoms with Crippen LogP contribution in [-0.2, 0) is 16.0 Å². The molecule has 4 rings (SSSR count). The first-order chi connectivity index (χ1) is 19.8. The fourth-order valence-corrected chi connectivity index (χ4v) is 4.78. The summed E-state index contributed by atoms with van der Waals surface area (Å²) in [6.45, 7) is 5.52. The molecule has 0 fully saturated rings. The molecule has 0 saturated carbocycles. The number of nitrogens with one attached hydrogen (secondary N) is 1. The van der Waals surface area contributed by atoms with Crippen LogP contribution in [0.2, 0.25) is 0 Å². The number of aliphatic carboxylic acids is 1. The first-order valence-electron chi connectivity index (χ1n) is 13.7. The lowest BCUT2D eigenvalue weighted by Gasteiger charge is -2.22. The summed E-state index contributed by atoms with van der Waals surface area (Å²) >= 11 is 0. The van der Waals surface area contributed by atoms with Crippen LogP contribution in [0.5, 0.6) is 0 Å². The molecule has 1 atom stereocenters. The summed E-state index contributed by atoms with van der Waals surface area (Å²) in [4.78, 5) is 41.4. The lowest BCUT2D eigenvalue weighted by molar-refractivity contribution is -0.192. The second kappa shape index (κ2) is 14.1. The molecular formula is C30H35F3N4O5. The summed E-state index contributed by atoms with van der Waals surface area (Å²) in [6.07, 6.45) is 0.966. The Balaban J connectivity index is 0.000000616. The summed E-state index contributed by atoms with van der Waals surface area (Å²) in [5, 5.41) is 20.4. The highest BCUT2D eigenvalue weighted by atomic mass is 19.4. The SMILES string of the molecule is CCCN(CCC)C(=O)C1=Cc2ccc(C(=O)Nc3ccc4c(c3)C(O)CCC4)cc2N=C(N)C1.O=C(O)C(F)(F)F. The van der Waals surface area contributed by atoms with E-state index in [-0.39, 0.29) is 18.2 Å². The van der Waals surface area contributed by atoms with Gasteiger partial charge in [0.25, 0.3) is 5.91 Å². The van der Waals surface area contributed by atoms with Gasteiger partial charge in [-0.3, -0.25) is 9.59 Å². The second-order valence-corrected chi connectivity index (χ2v) is 10.1. The number of anilines is 1. The number of alkyl halides is 3. The number of aryl methyl sites for hydroxylation is 1. The van der Waals surface area contributed by atoms with E-state index in [9.17, 15) is 27.9 Å². The van der Waals surface area contributed by atoms with Gasteiger partial charge in [-0.05, 0) is 73.6 Å². The smallest absolute Gasteiger partial charge is 0.475 e. The third kappa shape index (κ3) is 8.41. The van der Waals surface area contributed by atoms with Crippen molar-refractivity contribution in [2.45, 2.75) is 64.7 Å². The standard InChI is InChI=1S/C28H34N4O3.C2HF3O2/c1-3-12-32(13-4-2)28(35)21-14-19-8-9-20(15-24(19)31-26(29)16-21)27(34)30-22-11-10-18-6-5-7-25(33)23(18)17-22;3-2(4,5)1(6)7/h8-11,14-15,17,25,33H,3-7,12-13,16H2,1-2H3,(H2,29,31)(H,30,34);(H,6,7). The van der Waals surface area contributed by atoms with Gasteiger partial charge in [0, 0.05) is 41.9 Å². The van der Waals surface area contributed by atoms with Crippen LogP contribution in [0.4, 0.5) is 24.5 Å². The van der Waals surface area contributed by atoms with Gasteiger partial charge in [0.15, 0.2) is 0 Å². The van der Waals surface area contributed by atoms with Crippen LogP contribution in [0, 0.1) is 0 Å². The van der Waals surface area contributed by atoms with Crippen LogP contribution in [0.1, 0.15) is 79.1 Å². The average Bonchev–Trinajstić information content (AvgIpc) is 3.10. The van der Waals surface area contributed by atoms with Crippen molar-refractivity contribution < 1.29 is 37.8 Å². The zero-order valence-corrected chi connectivity index (χ0v) is 23.5. The third-order valence-corrected chi connectivity index (χ3v) is 6.74. The molecule has 42 heavy (non-hydrogen) atoms. The summed E-state index contributed by atoms with van der Waals surface area (Å²) in [6, 6.07) is 10.9. The number of rotatable bonds is 7. The number of carboxylic acid groups (broad SMARTS) is 1. The topological polar surface area (TPSA) is 145 Å². The van der Waals surface area contributed by atoms with E-state index in [1.165, 1.54) is 0 Å². The van der Waals surface area contributed by atoms with Crippen molar-refractivity contribution in [1.29, 1.82) is 0 Å². The van der Waals surface area contributed by atoms with Crippen molar-refractivity contribution in [2.24, 2.45) is 10.7 Å². The van der Waals surface area contributed by atoms with Gasteiger partial charge in [-0.1, -0.05) is 26.0 Å². The van der Waals surface area contributed by atoms with Crippen molar-refractivity contribution in [3.05, 3.63) is 64.2 Å². The number of aliphatic hydroxyl groups excluding tert-OH is 1. The van der Waals surface area contributed by atoms with Crippen LogP contribution < -0.4 is 11.1 Å². The summed E-state index contributed by atoms with van der Waals surface area (Å²) in [5.41, 5.74) is 11.2. The van der Waals surface area contributed by atoms with Gasteiger partial charge in [-0.25, -0.2) is 9.79 Å². The van der Waals surface area contributed by atoms with E-state index >= 15 is 0 Å². The lowest BCUT2D eigenvalue weighted by atomic mass is 9.89. The van der Waals surface area contributed by atoms with E-state index in [0.29, 0.717) is 41.4 Å². The number of carboxylic acids is 1. The number of carbonyl (C=O) groups is 3. The molecule has 226 valence electrons. The molecule has 2 aromatic carbocycles. The predicted molar refractivity (Wildman–Crippen MR) is 153 cm³/mol. The van der Waals surface area contributed by atoms with Crippen molar-refractivity contribution in [2.75, 3.05) is 18.4 Å². The number of amides is 2. The molecule has 12 heteroatoms. The van der Waals surface area contributed by atoms with Crippen molar-refractivity contribution in [1.82, 2.24) is 4.90 Å². The highest BCUT2D eigenvalue weighted by molar-refractivity contribution is 6.08. The molecule has 1 aliphatic carbocycles. The normalized spacial score (nSPS) is 15.9. The van der Waals surface area contributed by atoms with Gasteiger partial charge in [0.1, 0.15) is 5.84 Å². The fourth-order valence-electron chi connectivity index (χ4n) is 4.78. The van der Waals surface area contributed by atoms with Gasteiger partial charge < -0.3 is 26.2 Å². The molecule has 1 aliphatic heterocycles. The Labute approximate surface area is 241 Å². The van der Waals surface area contributed by atoms with Gasteiger partial charge in [-0.2, -0.15) is 13.2 Å². The number of aliphatic hydroxyl groups is 1. The number of aliphatic imine (C=N–C) groups is 1. The molecule has 0 bridgehead atoms. The second-order valence-electron chi connectivity index (χ2n) is 10.1. The number of benzene rings is 2. The van der Waals surface area contributed by atoms with E-state index in [1.807, 2.05) is 29.2 Å². The van der Waals surface area contributed by atoms with Crippen molar-refractivity contribution in [3.8, 4) is 0 Å². The molecule has 0 radical (unpaired) electrons. The monoisotopic (exact) mass is 588 g/mol. The maximum Gasteiger partial charge on any atom is 0.490 e. The molecular weight excluding hydrogens is 553 g/mol. The molecule has 2 amide bonds. The van der Waals surface area contributed by atoms with Crippen LogP contribution in [0.25, 0.3) is 6.08 Å². The molecule has 0 aromatic heterocycles. The molecule has 0 spiro atoms. The minimum Gasteiger partial charge on any atom is -0.475 e. The molecule has 9 nitrogen and oxygen atoms in total. The van der Waals surface area contributed by atoms with E-state index < -0.39 is 18.2 Å². The average molecular weight is 589 g/mol. The number of nitrogens with zero attached hydrogens (tertiary/aromatic N) is 2. The van der Waals surface area contributed by atoms with Gasteiger partial charge in [0.2, 0.25) is 5.91 Å². The first kappa shape index (κ1) is 32.3. The zero-order valence-electron chi connectivity index (χ0n) is 23.5. The Bertz CT molecular complexity index is 1380. The van der Waals surface area contributed by atoms with E-state index in [4.69, 9.17) is 15.6 Å². The van der Waals surface area contributed by atoms with Crippen LogP contribution in [0.15, 0.2) is 47.0 Å². The number of hydrogen-bond donors (Lipinski definition) is 4. The van der Waals surface area contributed by atoms with Crippen LogP contribution >= 0.6 is 0 Å². The third-order valence-electron chi connectivity index (χ3n) is 6.74. The fraction of sp³-hybridized carbons (Fsp3) is 0.400. The van der Waals surface area contributed by atoms with E-state index in [0.717, 1.165) is 48.8 Å². The highest BCUT2D eigenvalue weighted by Gasteiger charge is 2.38. The van der Waals surface area contributed by atoms with Crippen LogP contribution in [0.3, 0.4) is 0 Å². The van der Waals surface area contributed by atoms with Gasteiger partial charge in [0.05, 0.1) is 11.8 Å². The molecule has 1 unspecified atom stereocenters. The maximum atomic E-state index is 13.2. The Hall–Kier alpha value is -4.19. The molecule has 1 heterocycles. The van der Waals surface area contributed by atoms with E-state index in [2.05, 4.69) is 24.2 Å². The highest BCUT2D eigenvalue weighted by Crippen LogP contribution is 2.32. The minimum atomic E-state index is -5.08.